The van der Waals surface area contributed by atoms with Crippen LogP contribution in [0.3, 0.4) is 0 Å². The quantitative estimate of drug-likeness (QED) is 0.674. The van der Waals surface area contributed by atoms with Crippen molar-refractivity contribution < 1.29 is 13.9 Å². The number of carbonyl (C=O) groups is 1. The van der Waals surface area contributed by atoms with E-state index in [2.05, 4.69) is 24.1 Å². The van der Waals surface area contributed by atoms with Crippen LogP contribution in [-0.2, 0) is 9.53 Å². The maximum Gasteiger partial charge on any atom is 0.266 e. The summed E-state index contributed by atoms with van der Waals surface area (Å²) in [5.41, 5.74) is 1.70. The third-order valence-electron chi connectivity index (χ3n) is 4.10. The Morgan fingerprint density at radius 3 is 2.50 bits per heavy atom. The van der Waals surface area contributed by atoms with Gasteiger partial charge < -0.3 is 19.4 Å². The summed E-state index contributed by atoms with van der Waals surface area (Å²) >= 11 is 0. The van der Waals surface area contributed by atoms with Crippen molar-refractivity contribution in [1.82, 2.24) is 0 Å². The first kappa shape index (κ1) is 17.8. The minimum absolute atomic E-state index is 0.0140. The van der Waals surface area contributed by atoms with Crippen molar-refractivity contribution in [3.05, 3.63) is 54.0 Å². The van der Waals surface area contributed by atoms with Crippen LogP contribution >= 0.6 is 0 Å². The Bertz CT molecular complexity index is 809. The zero-order valence-corrected chi connectivity index (χ0v) is 14.8. The molecule has 2 atom stereocenters. The van der Waals surface area contributed by atoms with Gasteiger partial charge in [0.05, 0.1) is 18.5 Å². The maximum absolute atomic E-state index is 12.3. The third-order valence-corrected chi connectivity index (χ3v) is 4.10. The highest BCUT2D eigenvalue weighted by atomic mass is 16.5. The van der Waals surface area contributed by atoms with Crippen molar-refractivity contribution in [3.63, 3.8) is 0 Å². The van der Waals surface area contributed by atoms with Crippen LogP contribution < -0.4 is 10.2 Å². The lowest BCUT2D eigenvalue weighted by Gasteiger charge is -2.36. The van der Waals surface area contributed by atoms with Crippen molar-refractivity contribution in [2.24, 2.45) is 0 Å². The highest BCUT2D eigenvalue weighted by molar-refractivity contribution is 6.09. The van der Waals surface area contributed by atoms with Gasteiger partial charge in [-0.25, -0.2) is 0 Å². The van der Waals surface area contributed by atoms with Gasteiger partial charge in [0, 0.05) is 30.5 Å². The number of amides is 1. The van der Waals surface area contributed by atoms with E-state index >= 15 is 0 Å². The minimum Gasteiger partial charge on any atom is -0.465 e. The number of rotatable bonds is 4. The van der Waals surface area contributed by atoms with Gasteiger partial charge in [0.2, 0.25) is 0 Å². The second-order valence-electron chi connectivity index (χ2n) is 6.35. The molecule has 1 aliphatic rings. The Balaban J connectivity index is 1.67. The molecule has 0 unspecified atom stereocenters. The first-order valence-corrected chi connectivity index (χ1v) is 8.52. The van der Waals surface area contributed by atoms with Crippen molar-refractivity contribution in [3.8, 4) is 6.07 Å². The second kappa shape index (κ2) is 7.89. The van der Waals surface area contributed by atoms with Crippen LogP contribution in [0.1, 0.15) is 19.6 Å². The Morgan fingerprint density at radius 1 is 1.23 bits per heavy atom. The molecule has 6 nitrogen and oxygen atoms in total. The molecule has 1 aliphatic heterocycles. The van der Waals surface area contributed by atoms with Crippen LogP contribution in [0.25, 0.3) is 6.08 Å². The molecule has 1 fully saturated rings. The van der Waals surface area contributed by atoms with Crippen molar-refractivity contribution >= 4 is 23.4 Å². The van der Waals surface area contributed by atoms with Crippen LogP contribution in [0, 0.1) is 11.3 Å². The number of nitrogens with zero attached hydrogens (tertiary/aromatic N) is 2. The van der Waals surface area contributed by atoms with Gasteiger partial charge in [-0.2, -0.15) is 5.26 Å². The number of benzene rings is 1. The fourth-order valence-electron chi connectivity index (χ4n) is 3.01. The van der Waals surface area contributed by atoms with E-state index in [1.165, 1.54) is 12.3 Å². The summed E-state index contributed by atoms with van der Waals surface area (Å²) in [6.07, 6.45) is 3.27. The number of carbonyl (C=O) groups excluding carboxylic acids is 1. The molecule has 1 aromatic carbocycles. The number of anilines is 2. The Labute approximate surface area is 152 Å². The molecule has 6 heteroatoms. The van der Waals surface area contributed by atoms with Gasteiger partial charge in [-0.05, 0) is 50.2 Å². The number of ether oxygens (including phenoxy) is 1. The van der Waals surface area contributed by atoms with E-state index in [1.807, 2.05) is 30.3 Å². The van der Waals surface area contributed by atoms with Crippen LogP contribution in [0.5, 0.6) is 0 Å². The summed E-state index contributed by atoms with van der Waals surface area (Å²) in [4.78, 5) is 14.5. The molecule has 0 bridgehead atoms. The molecule has 2 heterocycles. The predicted molar refractivity (Wildman–Crippen MR) is 99.6 cm³/mol. The first-order valence-electron chi connectivity index (χ1n) is 8.52. The van der Waals surface area contributed by atoms with E-state index in [1.54, 1.807) is 12.1 Å². The molecule has 2 aromatic rings. The first-order chi connectivity index (χ1) is 12.5. The van der Waals surface area contributed by atoms with Crippen molar-refractivity contribution in [2.75, 3.05) is 23.3 Å². The van der Waals surface area contributed by atoms with Gasteiger partial charge in [0.1, 0.15) is 17.4 Å². The number of furan rings is 1. The lowest BCUT2D eigenvalue weighted by atomic mass is 10.2. The van der Waals surface area contributed by atoms with Crippen LogP contribution in [0.4, 0.5) is 11.4 Å². The predicted octanol–water partition coefficient (Wildman–Crippen LogP) is 3.44. The zero-order valence-electron chi connectivity index (χ0n) is 14.8. The third kappa shape index (κ3) is 4.32. The zero-order chi connectivity index (χ0) is 18.5. The lowest BCUT2D eigenvalue weighted by Crippen LogP contribution is -2.45. The van der Waals surface area contributed by atoms with Crippen molar-refractivity contribution in [2.45, 2.75) is 26.1 Å². The molecule has 1 aromatic heterocycles. The fraction of sp³-hybridized carbons (Fsp3) is 0.300. The number of nitriles is 1. The second-order valence-corrected chi connectivity index (χ2v) is 6.35. The van der Waals surface area contributed by atoms with Gasteiger partial charge >= 0.3 is 0 Å². The van der Waals surface area contributed by atoms with Gasteiger partial charge in [-0.15, -0.1) is 0 Å². The van der Waals surface area contributed by atoms with Crippen LogP contribution in [0.2, 0.25) is 0 Å². The highest BCUT2D eigenvalue weighted by Crippen LogP contribution is 2.22. The summed E-state index contributed by atoms with van der Waals surface area (Å²) in [5.74, 6) is -0.00660. The van der Waals surface area contributed by atoms with Crippen molar-refractivity contribution in [1.29, 1.82) is 5.26 Å². The van der Waals surface area contributed by atoms with Gasteiger partial charge in [-0.3, -0.25) is 4.79 Å². The van der Waals surface area contributed by atoms with E-state index in [-0.39, 0.29) is 17.8 Å². The standard InChI is InChI=1S/C20H21N3O3/c1-14-12-23(13-15(2)26-14)18-7-5-17(6-8-18)22-20(24)16(11-21)10-19-4-3-9-25-19/h3-10,14-15H,12-13H2,1-2H3,(H,22,24)/b16-10-/t14-,15-/m1/s1. The van der Waals surface area contributed by atoms with E-state index in [0.717, 1.165) is 18.8 Å². The summed E-state index contributed by atoms with van der Waals surface area (Å²) < 4.78 is 10.9. The Hall–Kier alpha value is -3.04. The number of hydrogen-bond donors (Lipinski definition) is 1. The number of morpholine rings is 1. The van der Waals surface area contributed by atoms with Gasteiger partial charge in [-0.1, -0.05) is 0 Å². The molecule has 1 saturated heterocycles. The molecule has 0 spiro atoms. The van der Waals surface area contributed by atoms with E-state index < -0.39 is 5.91 Å². The molecule has 0 radical (unpaired) electrons. The fourth-order valence-corrected chi connectivity index (χ4v) is 3.01. The summed E-state index contributed by atoms with van der Waals surface area (Å²) in [6.45, 7) is 5.79. The molecule has 0 saturated carbocycles. The number of hydrogen-bond acceptors (Lipinski definition) is 5. The normalized spacial score (nSPS) is 20.5. The van der Waals surface area contributed by atoms with E-state index in [4.69, 9.17) is 9.15 Å². The molecule has 26 heavy (non-hydrogen) atoms. The molecular weight excluding hydrogens is 330 g/mol. The average Bonchev–Trinajstić information content (AvgIpc) is 3.12. The van der Waals surface area contributed by atoms with E-state index in [0.29, 0.717) is 11.4 Å². The summed E-state index contributed by atoms with van der Waals surface area (Å²) in [7, 11) is 0. The molecule has 1 N–H and O–H groups in total. The van der Waals surface area contributed by atoms with Gasteiger partial charge in [0.15, 0.2) is 0 Å². The SMILES string of the molecule is C[C@@H]1CN(c2ccc(NC(=O)/C(C#N)=C\c3ccco3)cc2)C[C@@H](C)O1. The molecule has 3 rings (SSSR count). The Morgan fingerprint density at radius 2 is 1.92 bits per heavy atom. The number of nitrogens with one attached hydrogen (secondary N) is 1. The maximum atomic E-state index is 12.3. The molecule has 1 amide bonds. The smallest absolute Gasteiger partial charge is 0.266 e. The summed E-state index contributed by atoms with van der Waals surface area (Å²) in [5, 5.41) is 11.9. The molecule has 134 valence electrons. The van der Waals surface area contributed by atoms with Crippen LogP contribution in [0.15, 0.2) is 52.7 Å². The monoisotopic (exact) mass is 351 g/mol. The average molecular weight is 351 g/mol. The topological polar surface area (TPSA) is 78.5 Å². The van der Waals surface area contributed by atoms with Crippen LogP contribution in [-0.4, -0.2) is 31.2 Å². The van der Waals surface area contributed by atoms with Gasteiger partial charge in [0.25, 0.3) is 5.91 Å². The largest absolute Gasteiger partial charge is 0.465 e. The Kier molecular flexibility index (Phi) is 5.40. The lowest BCUT2D eigenvalue weighted by molar-refractivity contribution is -0.112. The minimum atomic E-state index is -0.467. The van der Waals surface area contributed by atoms with E-state index in [9.17, 15) is 10.1 Å². The highest BCUT2D eigenvalue weighted by Gasteiger charge is 2.22. The molecule has 0 aliphatic carbocycles. The molecular formula is C20H21N3O3. The summed E-state index contributed by atoms with van der Waals surface area (Å²) in [6, 6.07) is 12.9.